The van der Waals surface area contributed by atoms with Crippen LogP contribution in [0.1, 0.15) is 11.1 Å². The fourth-order valence-electron chi connectivity index (χ4n) is 4.79. The standard InChI is InChI=1S/C25H25FN4O4S/c26-22-16-25(30(31)32)24(17-23(22)28-11-10-19-6-4-5-7-20(19)18-28)27-12-14-29(15-13-27)35(33,34)21-8-2-1-3-9-21/h1-9,16-17H,10-15,18H2. The molecule has 0 amide bonds. The average Bonchev–Trinajstić information content (AvgIpc) is 2.89. The Bertz CT molecular complexity index is 1360. The van der Waals surface area contributed by atoms with Crippen LogP contribution >= 0.6 is 0 Å². The summed E-state index contributed by atoms with van der Waals surface area (Å²) in [5.74, 6) is -0.634. The molecule has 0 spiro atoms. The maximum absolute atomic E-state index is 15.1. The molecule has 2 aliphatic heterocycles. The molecular formula is C25H25FN4O4S. The van der Waals surface area contributed by atoms with E-state index in [9.17, 15) is 18.5 Å². The van der Waals surface area contributed by atoms with Crippen molar-refractivity contribution in [3.63, 3.8) is 0 Å². The minimum Gasteiger partial charge on any atom is -0.364 e. The third-order valence-electron chi connectivity index (χ3n) is 6.67. The van der Waals surface area contributed by atoms with E-state index < -0.39 is 20.8 Å². The second-order valence-corrected chi connectivity index (χ2v) is 10.6. The molecule has 1 fully saturated rings. The van der Waals surface area contributed by atoms with Gasteiger partial charge < -0.3 is 9.80 Å². The first-order valence-corrected chi connectivity index (χ1v) is 12.9. The molecule has 0 aliphatic carbocycles. The lowest BCUT2D eigenvalue weighted by atomic mass is 9.99. The number of hydrogen-bond donors (Lipinski definition) is 0. The molecule has 182 valence electrons. The molecule has 3 aromatic rings. The predicted octanol–water partition coefficient (Wildman–Crippen LogP) is 3.81. The summed E-state index contributed by atoms with van der Waals surface area (Å²) in [7, 11) is -3.65. The van der Waals surface area contributed by atoms with E-state index in [4.69, 9.17) is 0 Å². The van der Waals surface area contributed by atoms with E-state index in [1.807, 2.05) is 23.1 Å². The van der Waals surface area contributed by atoms with Gasteiger partial charge in [0.15, 0.2) is 5.82 Å². The van der Waals surface area contributed by atoms with Gasteiger partial charge in [0, 0.05) is 39.3 Å². The number of piperazine rings is 1. The highest BCUT2D eigenvalue weighted by atomic mass is 32.2. The van der Waals surface area contributed by atoms with E-state index >= 15 is 4.39 Å². The number of benzene rings is 3. The molecule has 3 aromatic carbocycles. The van der Waals surface area contributed by atoms with Crippen molar-refractivity contribution in [2.75, 3.05) is 42.5 Å². The summed E-state index contributed by atoms with van der Waals surface area (Å²) in [4.78, 5) is 15.1. The zero-order valence-corrected chi connectivity index (χ0v) is 19.8. The van der Waals surface area contributed by atoms with E-state index in [0.29, 0.717) is 24.5 Å². The van der Waals surface area contributed by atoms with Crippen LogP contribution in [0.4, 0.5) is 21.5 Å². The maximum atomic E-state index is 15.1. The molecule has 0 unspecified atom stereocenters. The van der Waals surface area contributed by atoms with Gasteiger partial charge in [-0.15, -0.1) is 0 Å². The van der Waals surface area contributed by atoms with Gasteiger partial charge in [0.1, 0.15) is 5.69 Å². The predicted molar refractivity (Wildman–Crippen MR) is 132 cm³/mol. The lowest BCUT2D eigenvalue weighted by Gasteiger charge is -2.36. The van der Waals surface area contributed by atoms with Crippen LogP contribution in [-0.4, -0.2) is 50.4 Å². The smallest absolute Gasteiger partial charge is 0.295 e. The Labute approximate surface area is 203 Å². The Hall–Kier alpha value is -3.50. The van der Waals surface area contributed by atoms with E-state index in [-0.39, 0.29) is 36.8 Å². The Morgan fingerprint density at radius 2 is 1.46 bits per heavy atom. The van der Waals surface area contributed by atoms with Gasteiger partial charge in [0.2, 0.25) is 10.0 Å². The molecule has 0 aromatic heterocycles. The van der Waals surface area contributed by atoms with Crippen molar-refractivity contribution < 1.29 is 17.7 Å². The van der Waals surface area contributed by atoms with Crippen molar-refractivity contribution in [2.24, 2.45) is 0 Å². The van der Waals surface area contributed by atoms with Crippen LogP contribution in [-0.2, 0) is 23.0 Å². The number of fused-ring (bicyclic) bond motifs is 1. The highest BCUT2D eigenvalue weighted by Crippen LogP contribution is 2.37. The van der Waals surface area contributed by atoms with Crippen LogP contribution in [0.15, 0.2) is 71.6 Å². The summed E-state index contributed by atoms with van der Waals surface area (Å²) in [5.41, 5.74) is 2.64. The van der Waals surface area contributed by atoms with Gasteiger partial charge in [-0.1, -0.05) is 42.5 Å². The first-order valence-electron chi connectivity index (χ1n) is 11.4. The zero-order chi connectivity index (χ0) is 24.6. The van der Waals surface area contributed by atoms with E-state index in [1.165, 1.54) is 9.87 Å². The fourth-order valence-corrected chi connectivity index (χ4v) is 6.24. The van der Waals surface area contributed by atoms with Gasteiger partial charge in [0.25, 0.3) is 5.69 Å². The molecule has 2 heterocycles. The molecular weight excluding hydrogens is 471 g/mol. The van der Waals surface area contributed by atoms with Crippen LogP contribution in [0.2, 0.25) is 0 Å². The highest BCUT2D eigenvalue weighted by molar-refractivity contribution is 7.89. The van der Waals surface area contributed by atoms with Crippen LogP contribution in [0.25, 0.3) is 0 Å². The van der Waals surface area contributed by atoms with Gasteiger partial charge in [-0.2, -0.15) is 4.31 Å². The molecule has 8 nitrogen and oxygen atoms in total. The quantitative estimate of drug-likeness (QED) is 0.394. The number of nitro groups is 1. The van der Waals surface area contributed by atoms with E-state index in [0.717, 1.165) is 18.1 Å². The first kappa shape index (κ1) is 23.3. The Morgan fingerprint density at radius 1 is 0.800 bits per heavy atom. The number of sulfonamides is 1. The Balaban J connectivity index is 1.40. The molecule has 0 radical (unpaired) electrons. The number of hydrogen-bond acceptors (Lipinski definition) is 6. The summed E-state index contributed by atoms with van der Waals surface area (Å²) in [6, 6.07) is 18.7. The van der Waals surface area contributed by atoms with Crippen LogP contribution in [0, 0.1) is 15.9 Å². The molecule has 10 heteroatoms. The first-order chi connectivity index (χ1) is 16.8. The van der Waals surface area contributed by atoms with Gasteiger partial charge in [-0.05, 0) is 35.7 Å². The van der Waals surface area contributed by atoms with Crippen LogP contribution < -0.4 is 9.80 Å². The number of nitro benzene ring substituents is 1. The van der Waals surface area contributed by atoms with Crippen LogP contribution in [0.5, 0.6) is 0 Å². The summed E-state index contributed by atoms with van der Waals surface area (Å²) in [6.45, 7) is 2.01. The normalized spacial score (nSPS) is 16.7. The average molecular weight is 497 g/mol. The van der Waals surface area contributed by atoms with Crippen molar-refractivity contribution >= 4 is 27.1 Å². The minimum atomic E-state index is -3.65. The van der Waals surface area contributed by atoms with Crippen LogP contribution in [0.3, 0.4) is 0 Å². The van der Waals surface area contributed by atoms with Gasteiger partial charge >= 0.3 is 0 Å². The van der Waals surface area contributed by atoms with Crippen molar-refractivity contribution in [3.05, 3.63) is 93.8 Å². The second-order valence-electron chi connectivity index (χ2n) is 8.69. The van der Waals surface area contributed by atoms with E-state index in [1.54, 1.807) is 41.3 Å². The molecule has 5 rings (SSSR count). The molecule has 2 aliphatic rings. The molecule has 0 atom stereocenters. The third kappa shape index (κ3) is 4.46. The van der Waals surface area contributed by atoms with Crippen molar-refractivity contribution in [1.29, 1.82) is 0 Å². The Morgan fingerprint density at radius 3 is 2.14 bits per heavy atom. The minimum absolute atomic E-state index is 0.179. The maximum Gasteiger partial charge on any atom is 0.295 e. The molecule has 1 saturated heterocycles. The number of halogens is 1. The number of nitrogens with zero attached hydrogens (tertiary/aromatic N) is 4. The SMILES string of the molecule is O=[N+]([O-])c1cc(F)c(N2CCc3ccccc3C2)cc1N1CCN(S(=O)(=O)c2ccccc2)CC1. The number of rotatable bonds is 5. The number of anilines is 2. The summed E-state index contributed by atoms with van der Waals surface area (Å²) >= 11 is 0. The lowest BCUT2D eigenvalue weighted by Crippen LogP contribution is -2.48. The molecule has 0 bridgehead atoms. The van der Waals surface area contributed by atoms with Crippen molar-refractivity contribution in [2.45, 2.75) is 17.9 Å². The lowest BCUT2D eigenvalue weighted by molar-refractivity contribution is -0.384. The Kier molecular flexibility index (Phi) is 6.16. The fraction of sp³-hybridized carbons (Fsp3) is 0.280. The topological polar surface area (TPSA) is 87.0 Å². The molecule has 35 heavy (non-hydrogen) atoms. The largest absolute Gasteiger partial charge is 0.364 e. The second kappa shape index (κ2) is 9.27. The third-order valence-corrected chi connectivity index (χ3v) is 8.59. The molecule has 0 saturated carbocycles. The van der Waals surface area contributed by atoms with Gasteiger partial charge in [0.05, 0.1) is 21.6 Å². The summed E-state index contributed by atoms with van der Waals surface area (Å²) in [5, 5.41) is 11.8. The highest BCUT2D eigenvalue weighted by Gasteiger charge is 2.32. The monoisotopic (exact) mass is 496 g/mol. The summed E-state index contributed by atoms with van der Waals surface area (Å²) in [6.07, 6.45) is 0.762. The van der Waals surface area contributed by atoms with Gasteiger partial charge in [-0.25, -0.2) is 12.8 Å². The van der Waals surface area contributed by atoms with Crippen molar-refractivity contribution in [1.82, 2.24) is 4.31 Å². The van der Waals surface area contributed by atoms with Gasteiger partial charge in [-0.3, -0.25) is 10.1 Å². The zero-order valence-electron chi connectivity index (χ0n) is 19.0. The molecule has 0 N–H and O–H groups in total. The summed E-state index contributed by atoms with van der Waals surface area (Å²) < 4.78 is 42.4. The van der Waals surface area contributed by atoms with E-state index in [2.05, 4.69) is 6.07 Å². The van der Waals surface area contributed by atoms with Crippen molar-refractivity contribution in [3.8, 4) is 0 Å².